The number of rotatable bonds is 3. The minimum atomic E-state index is -0.634. The van der Waals surface area contributed by atoms with Crippen LogP contribution in [0.15, 0.2) is 29.6 Å². The molecule has 0 spiro atoms. The van der Waals surface area contributed by atoms with Crippen molar-refractivity contribution >= 4 is 22.9 Å². The highest BCUT2D eigenvalue weighted by molar-refractivity contribution is 7.10. The van der Waals surface area contributed by atoms with Crippen molar-refractivity contribution in [2.75, 3.05) is 5.32 Å². The van der Waals surface area contributed by atoms with Crippen molar-refractivity contribution in [3.05, 3.63) is 45.9 Å². The Morgan fingerprint density at radius 1 is 1.39 bits per heavy atom. The third kappa shape index (κ3) is 2.75. The number of hydrogen-bond acceptors (Lipinski definition) is 4. The van der Waals surface area contributed by atoms with E-state index in [2.05, 4.69) is 10.3 Å². The monoisotopic (exact) mass is 261 g/mol. The van der Waals surface area contributed by atoms with Gasteiger partial charge >= 0.3 is 0 Å². The van der Waals surface area contributed by atoms with Crippen LogP contribution >= 0.6 is 11.3 Å². The molecule has 0 saturated carbocycles. The Bertz CT molecular complexity index is 551. The Morgan fingerprint density at radius 3 is 2.78 bits per heavy atom. The molecule has 0 aromatic carbocycles. The second kappa shape index (κ2) is 5.29. The maximum atomic E-state index is 12.0. The van der Waals surface area contributed by atoms with Crippen LogP contribution in [0.25, 0.3) is 0 Å². The molecule has 0 fully saturated rings. The minimum absolute atomic E-state index is 0.216. The Labute approximate surface area is 110 Å². The summed E-state index contributed by atoms with van der Waals surface area (Å²) in [5.41, 5.74) is 8.31. The molecule has 0 aliphatic heterocycles. The zero-order chi connectivity index (χ0) is 13.1. The predicted molar refractivity (Wildman–Crippen MR) is 73.6 cm³/mol. The van der Waals surface area contributed by atoms with Gasteiger partial charge < -0.3 is 11.1 Å². The van der Waals surface area contributed by atoms with Crippen molar-refractivity contribution in [2.24, 2.45) is 5.73 Å². The lowest BCUT2D eigenvalue weighted by Gasteiger charge is -2.12. The van der Waals surface area contributed by atoms with Gasteiger partial charge in [0.25, 0.3) is 0 Å². The average molecular weight is 261 g/mol. The van der Waals surface area contributed by atoms with Crippen molar-refractivity contribution in [1.82, 2.24) is 4.98 Å². The van der Waals surface area contributed by atoms with Gasteiger partial charge in [0.05, 0.1) is 11.4 Å². The summed E-state index contributed by atoms with van der Waals surface area (Å²) in [5, 5.41) is 4.71. The van der Waals surface area contributed by atoms with Gasteiger partial charge in [0.1, 0.15) is 6.04 Å². The fraction of sp³-hybridized carbons (Fsp3) is 0.231. The lowest BCUT2D eigenvalue weighted by atomic mass is 10.2. The van der Waals surface area contributed by atoms with Gasteiger partial charge in [0, 0.05) is 10.6 Å². The van der Waals surface area contributed by atoms with E-state index >= 15 is 0 Å². The maximum absolute atomic E-state index is 12.0. The second-order valence-corrected chi connectivity index (χ2v) is 5.05. The summed E-state index contributed by atoms with van der Waals surface area (Å²) < 4.78 is 0. The molecule has 0 aliphatic carbocycles. The largest absolute Gasteiger partial charge is 0.323 e. The van der Waals surface area contributed by atoms with Crippen LogP contribution in [-0.2, 0) is 4.79 Å². The van der Waals surface area contributed by atoms with Gasteiger partial charge in [-0.15, -0.1) is 11.3 Å². The molecule has 1 atom stereocenters. The second-order valence-electron chi connectivity index (χ2n) is 4.07. The van der Waals surface area contributed by atoms with Gasteiger partial charge in [0.15, 0.2) is 0 Å². The smallest absolute Gasteiger partial charge is 0.246 e. The van der Waals surface area contributed by atoms with Crippen LogP contribution in [0.4, 0.5) is 5.69 Å². The molecule has 2 aromatic rings. The standard InChI is InChI=1S/C13H15N3OS/c1-8-5-6-10(9(2)15-8)16-13(17)12(14)11-4-3-7-18-11/h3-7,12H,14H2,1-2H3,(H,16,17). The van der Waals surface area contributed by atoms with Crippen LogP contribution in [0, 0.1) is 13.8 Å². The molecule has 4 nitrogen and oxygen atoms in total. The Morgan fingerprint density at radius 2 is 2.17 bits per heavy atom. The predicted octanol–water partition coefficient (Wildman–Crippen LogP) is 2.40. The minimum Gasteiger partial charge on any atom is -0.323 e. The molecule has 1 amide bonds. The van der Waals surface area contributed by atoms with E-state index in [1.165, 1.54) is 11.3 Å². The van der Waals surface area contributed by atoms with E-state index in [9.17, 15) is 4.79 Å². The summed E-state index contributed by atoms with van der Waals surface area (Å²) in [6.45, 7) is 3.77. The van der Waals surface area contributed by atoms with Crippen molar-refractivity contribution < 1.29 is 4.79 Å². The number of carbonyl (C=O) groups excluding carboxylic acids is 1. The molecule has 2 rings (SSSR count). The van der Waals surface area contributed by atoms with Crippen molar-refractivity contribution in [2.45, 2.75) is 19.9 Å². The summed E-state index contributed by atoms with van der Waals surface area (Å²) in [5.74, 6) is -0.216. The van der Waals surface area contributed by atoms with Gasteiger partial charge in [-0.25, -0.2) is 0 Å². The van der Waals surface area contributed by atoms with Crippen LogP contribution in [0.1, 0.15) is 22.3 Å². The highest BCUT2D eigenvalue weighted by Crippen LogP contribution is 2.19. The first-order chi connectivity index (χ1) is 8.58. The Kier molecular flexibility index (Phi) is 3.74. The highest BCUT2D eigenvalue weighted by atomic mass is 32.1. The molecular formula is C13H15N3OS. The van der Waals surface area contributed by atoms with E-state index in [4.69, 9.17) is 5.73 Å². The normalized spacial score (nSPS) is 12.2. The van der Waals surface area contributed by atoms with Crippen LogP contribution in [0.2, 0.25) is 0 Å². The number of aryl methyl sites for hydroxylation is 2. The Hall–Kier alpha value is -1.72. The SMILES string of the molecule is Cc1ccc(NC(=O)C(N)c2cccs2)c(C)n1. The summed E-state index contributed by atoms with van der Waals surface area (Å²) in [4.78, 5) is 17.1. The van der Waals surface area contributed by atoms with E-state index in [1.54, 1.807) is 0 Å². The van der Waals surface area contributed by atoms with E-state index in [1.807, 2.05) is 43.5 Å². The number of nitrogens with zero attached hydrogens (tertiary/aromatic N) is 1. The van der Waals surface area contributed by atoms with Gasteiger partial charge in [-0.05, 0) is 37.4 Å². The number of hydrogen-bond donors (Lipinski definition) is 2. The first-order valence-electron chi connectivity index (χ1n) is 5.62. The van der Waals surface area contributed by atoms with Crippen molar-refractivity contribution in [3.63, 3.8) is 0 Å². The number of nitrogens with one attached hydrogen (secondary N) is 1. The molecule has 5 heteroatoms. The zero-order valence-electron chi connectivity index (χ0n) is 10.3. The molecule has 2 aromatic heterocycles. The molecule has 0 bridgehead atoms. The lowest BCUT2D eigenvalue weighted by Crippen LogP contribution is -2.27. The fourth-order valence-corrected chi connectivity index (χ4v) is 2.35. The molecule has 18 heavy (non-hydrogen) atoms. The molecule has 1 unspecified atom stereocenters. The van der Waals surface area contributed by atoms with E-state index in [0.717, 1.165) is 16.3 Å². The summed E-state index contributed by atoms with van der Waals surface area (Å²) in [6, 6.07) is 6.81. The van der Waals surface area contributed by atoms with Crippen LogP contribution in [-0.4, -0.2) is 10.9 Å². The molecular weight excluding hydrogens is 246 g/mol. The van der Waals surface area contributed by atoms with Crippen LogP contribution < -0.4 is 11.1 Å². The van der Waals surface area contributed by atoms with E-state index in [0.29, 0.717) is 5.69 Å². The number of anilines is 1. The number of carbonyl (C=O) groups is 1. The average Bonchev–Trinajstić information content (AvgIpc) is 2.85. The number of aromatic nitrogens is 1. The maximum Gasteiger partial charge on any atom is 0.246 e. The lowest BCUT2D eigenvalue weighted by molar-refractivity contribution is -0.117. The molecule has 0 radical (unpaired) electrons. The van der Waals surface area contributed by atoms with Gasteiger partial charge in [0.2, 0.25) is 5.91 Å². The Balaban J connectivity index is 2.12. The highest BCUT2D eigenvalue weighted by Gasteiger charge is 2.17. The fourth-order valence-electron chi connectivity index (χ4n) is 1.63. The summed E-state index contributed by atoms with van der Waals surface area (Å²) >= 11 is 1.48. The number of nitrogens with two attached hydrogens (primary N) is 1. The molecule has 0 saturated heterocycles. The molecule has 3 N–H and O–H groups in total. The number of pyridine rings is 1. The third-order valence-electron chi connectivity index (χ3n) is 2.62. The van der Waals surface area contributed by atoms with E-state index in [-0.39, 0.29) is 5.91 Å². The quantitative estimate of drug-likeness (QED) is 0.891. The molecule has 94 valence electrons. The first-order valence-corrected chi connectivity index (χ1v) is 6.50. The van der Waals surface area contributed by atoms with Gasteiger partial charge in [-0.1, -0.05) is 6.07 Å². The van der Waals surface area contributed by atoms with Crippen LogP contribution in [0.3, 0.4) is 0 Å². The zero-order valence-corrected chi connectivity index (χ0v) is 11.1. The third-order valence-corrected chi connectivity index (χ3v) is 3.57. The van der Waals surface area contributed by atoms with Crippen molar-refractivity contribution in [1.29, 1.82) is 0 Å². The van der Waals surface area contributed by atoms with E-state index < -0.39 is 6.04 Å². The first kappa shape index (κ1) is 12.7. The van der Waals surface area contributed by atoms with Crippen LogP contribution in [0.5, 0.6) is 0 Å². The molecule has 2 heterocycles. The van der Waals surface area contributed by atoms with Crippen molar-refractivity contribution in [3.8, 4) is 0 Å². The number of thiophene rings is 1. The summed E-state index contributed by atoms with van der Waals surface area (Å²) in [7, 11) is 0. The summed E-state index contributed by atoms with van der Waals surface area (Å²) in [6.07, 6.45) is 0. The topological polar surface area (TPSA) is 68.0 Å². The number of amides is 1. The molecule has 0 aliphatic rings. The van der Waals surface area contributed by atoms with Gasteiger partial charge in [-0.3, -0.25) is 9.78 Å². The van der Waals surface area contributed by atoms with Gasteiger partial charge in [-0.2, -0.15) is 0 Å².